The maximum absolute atomic E-state index is 12.4. The molecule has 1 aliphatic heterocycles. The molecule has 2 aliphatic rings. The number of hydrogen-bond donors (Lipinski definition) is 1. The van der Waals surface area contributed by atoms with E-state index in [-0.39, 0.29) is 18.6 Å². The number of hydrogen-bond acceptors (Lipinski definition) is 2. The molecule has 0 aromatic heterocycles. The third-order valence-electron chi connectivity index (χ3n) is 3.65. The van der Waals surface area contributed by atoms with Crippen molar-refractivity contribution in [1.82, 2.24) is 9.80 Å². The first-order chi connectivity index (χ1) is 8.68. The molecular formula is C13H20N2O3. The molecular weight excluding hydrogens is 232 g/mol. The zero-order chi connectivity index (χ0) is 13.0. The van der Waals surface area contributed by atoms with Crippen LogP contribution in [0.25, 0.3) is 0 Å². The number of rotatable bonds is 3. The van der Waals surface area contributed by atoms with Crippen LogP contribution < -0.4 is 0 Å². The van der Waals surface area contributed by atoms with Crippen LogP contribution in [-0.4, -0.2) is 52.6 Å². The van der Waals surface area contributed by atoms with Crippen LogP contribution >= 0.6 is 0 Å². The third kappa shape index (κ3) is 3.03. The fraction of sp³-hybridized carbons (Fsp3) is 0.692. The molecule has 0 aromatic rings. The number of carbonyl (C=O) groups is 2. The predicted octanol–water partition coefficient (Wildman–Crippen LogP) is 1.70. The van der Waals surface area contributed by atoms with Gasteiger partial charge in [-0.15, -0.1) is 0 Å². The average molecular weight is 252 g/mol. The Bertz CT molecular complexity index is 348. The summed E-state index contributed by atoms with van der Waals surface area (Å²) in [6.45, 7) is 1.11. The second-order valence-electron chi connectivity index (χ2n) is 4.95. The Morgan fingerprint density at radius 3 is 2.56 bits per heavy atom. The Kier molecular flexibility index (Phi) is 4.23. The van der Waals surface area contributed by atoms with E-state index in [1.165, 1.54) is 0 Å². The van der Waals surface area contributed by atoms with Gasteiger partial charge in [-0.3, -0.25) is 4.79 Å². The summed E-state index contributed by atoms with van der Waals surface area (Å²) in [6.07, 6.45) is 8.93. The number of aliphatic carboxylic acids is 1. The summed E-state index contributed by atoms with van der Waals surface area (Å²) >= 11 is 0. The maximum atomic E-state index is 12.4. The lowest BCUT2D eigenvalue weighted by molar-refractivity contribution is -0.138. The zero-order valence-electron chi connectivity index (χ0n) is 10.5. The summed E-state index contributed by atoms with van der Waals surface area (Å²) in [7, 11) is 0. The highest BCUT2D eigenvalue weighted by Crippen LogP contribution is 2.24. The summed E-state index contributed by atoms with van der Waals surface area (Å²) < 4.78 is 0. The molecule has 0 aromatic carbocycles. The molecule has 0 atom stereocenters. The number of carboxylic acid groups (broad SMARTS) is 1. The van der Waals surface area contributed by atoms with E-state index in [0.717, 1.165) is 32.1 Å². The molecule has 1 aliphatic carbocycles. The van der Waals surface area contributed by atoms with Crippen LogP contribution in [0.2, 0.25) is 0 Å². The minimum Gasteiger partial charge on any atom is -0.480 e. The molecule has 0 unspecified atom stereocenters. The van der Waals surface area contributed by atoms with E-state index in [2.05, 4.69) is 6.08 Å². The predicted molar refractivity (Wildman–Crippen MR) is 67.3 cm³/mol. The highest BCUT2D eigenvalue weighted by Gasteiger charge is 2.31. The molecule has 1 saturated carbocycles. The zero-order valence-corrected chi connectivity index (χ0v) is 10.5. The molecule has 5 heteroatoms. The molecule has 5 nitrogen and oxygen atoms in total. The normalized spacial score (nSPS) is 20.1. The highest BCUT2D eigenvalue weighted by molar-refractivity contribution is 5.80. The lowest BCUT2D eigenvalue weighted by Crippen LogP contribution is -2.50. The summed E-state index contributed by atoms with van der Waals surface area (Å²) in [4.78, 5) is 26.6. The first-order valence-electron chi connectivity index (χ1n) is 6.61. The van der Waals surface area contributed by atoms with Gasteiger partial charge in [-0.2, -0.15) is 0 Å². The van der Waals surface area contributed by atoms with Crippen molar-refractivity contribution >= 4 is 12.0 Å². The Hall–Kier alpha value is -1.52. The van der Waals surface area contributed by atoms with Gasteiger partial charge in [0.25, 0.3) is 0 Å². The van der Waals surface area contributed by atoms with Crippen molar-refractivity contribution in [2.45, 2.75) is 38.1 Å². The van der Waals surface area contributed by atoms with Crippen LogP contribution in [0.1, 0.15) is 32.1 Å². The summed E-state index contributed by atoms with van der Waals surface area (Å²) in [5, 5.41) is 8.97. The first kappa shape index (κ1) is 12.9. The minimum absolute atomic E-state index is 0.111. The van der Waals surface area contributed by atoms with Crippen molar-refractivity contribution in [1.29, 1.82) is 0 Å². The quantitative estimate of drug-likeness (QED) is 0.778. The second kappa shape index (κ2) is 5.89. The average Bonchev–Trinajstić information content (AvgIpc) is 2.89. The van der Waals surface area contributed by atoms with Gasteiger partial charge in [-0.1, -0.05) is 25.0 Å². The maximum Gasteiger partial charge on any atom is 0.323 e. The van der Waals surface area contributed by atoms with Crippen molar-refractivity contribution in [3.05, 3.63) is 12.2 Å². The van der Waals surface area contributed by atoms with Gasteiger partial charge in [0.1, 0.15) is 6.54 Å². The van der Waals surface area contributed by atoms with Crippen LogP contribution in [-0.2, 0) is 4.79 Å². The van der Waals surface area contributed by atoms with Gasteiger partial charge in [0, 0.05) is 19.1 Å². The molecule has 100 valence electrons. The van der Waals surface area contributed by atoms with Gasteiger partial charge in [0.15, 0.2) is 0 Å². The summed E-state index contributed by atoms with van der Waals surface area (Å²) in [5.74, 6) is -0.928. The molecule has 18 heavy (non-hydrogen) atoms. The molecule has 1 heterocycles. The number of carbonyl (C=O) groups excluding carboxylic acids is 1. The molecule has 1 N–H and O–H groups in total. The van der Waals surface area contributed by atoms with Gasteiger partial charge in [0.2, 0.25) is 0 Å². The van der Waals surface area contributed by atoms with E-state index in [9.17, 15) is 9.59 Å². The summed E-state index contributed by atoms with van der Waals surface area (Å²) in [6, 6.07) is -0.00634. The van der Waals surface area contributed by atoms with E-state index in [4.69, 9.17) is 5.11 Å². The molecule has 2 rings (SSSR count). The molecule has 0 bridgehead atoms. The Balaban J connectivity index is 2.04. The van der Waals surface area contributed by atoms with Gasteiger partial charge >= 0.3 is 12.0 Å². The van der Waals surface area contributed by atoms with Gasteiger partial charge in [-0.25, -0.2) is 4.79 Å². The number of amides is 2. The number of urea groups is 1. The van der Waals surface area contributed by atoms with Crippen molar-refractivity contribution in [3.8, 4) is 0 Å². The van der Waals surface area contributed by atoms with Crippen molar-refractivity contribution in [2.24, 2.45) is 0 Å². The Labute approximate surface area is 107 Å². The van der Waals surface area contributed by atoms with Crippen molar-refractivity contribution < 1.29 is 14.7 Å². The number of nitrogens with zero attached hydrogens (tertiary/aromatic N) is 2. The topological polar surface area (TPSA) is 60.9 Å². The van der Waals surface area contributed by atoms with Crippen molar-refractivity contribution in [3.63, 3.8) is 0 Å². The van der Waals surface area contributed by atoms with Crippen molar-refractivity contribution in [2.75, 3.05) is 19.6 Å². The second-order valence-corrected chi connectivity index (χ2v) is 4.95. The van der Waals surface area contributed by atoms with Gasteiger partial charge < -0.3 is 14.9 Å². The van der Waals surface area contributed by atoms with E-state index in [1.54, 1.807) is 9.80 Å². The van der Waals surface area contributed by atoms with Crippen LogP contribution in [0.15, 0.2) is 12.2 Å². The Morgan fingerprint density at radius 2 is 2.00 bits per heavy atom. The molecule has 1 fully saturated rings. The van der Waals surface area contributed by atoms with E-state index in [0.29, 0.717) is 13.1 Å². The first-order valence-corrected chi connectivity index (χ1v) is 6.61. The number of carboxylic acids is 1. The van der Waals surface area contributed by atoms with Gasteiger partial charge in [-0.05, 0) is 19.3 Å². The monoisotopic (exact) mass is 252 g/mol. The highest BCUT2D eigenvalue weighted by atomic mass is 16.4. The third-order valence-corrected chi connectivity index (χ3v) is 3.65. The van der Waals surface area contributed by atoms with Crippen LogP contribution in [0.4, 0.5) is 4.79 Å². The molecule has 2 amide bonds. The molecule has 0 spiro atoms. The van der Waals surface area contributed by atoms with E-state index < -0.39 is 5.97 Å². The van der Waals surface area contributed by atoms with Crippen LogP contribution in [0.3, 0.4) is 0 Å². The molecule has 0 radical (unpaired) electrons. The van der Waals surface area contributed by atoms with Gasteiger partial charge in [0.05, 0.1) is 0 Å². The van der Waals surface area contributed by atoms with Crippen LogP contribution in [0, 0.1) is 0 Å². The SMILES string of the molecule is O=C(O)CN(C(=O)N1CC=CCC1)C1CCCC1. The standard InChI is InChI=1S/C13H20N2O3/c16-12(17)10-15(11-6-2-3-7-11)13(18)14-8-4-1-5-9-14/h1,4,11H,2-3,5-10H2,(H,16,17). The van der Waals surface area contributed by atoms with Crippen LogP contribution in [0.5, 0.6) is 0 Å². The molecule has 0 saturated heterocycles. The van der Waals surface area contributed by atoms with E-state index in [1.807, 2.05) is 6.08 Å². The fourth-order valence-electron chi connectivity index (χ4n) is 2.71. The minimum atomic E-state index is -0.928. The largest absolute Gasteiger partial charge is 0.480 e. The smallest absolute Gasteiger partial charge is 0.323 e. The lowest BCUT2D eigenvalue weighted by Gasteiger charge is -2.34. The Morgan fingerprint density at radius 1 is 1.28 bits per heavy atom. The lowest BCUT2D eigenvalue weighted by atomic mass is 10.2. The summed E-state index contributed by atoms with van der Waals surface area (Å²) in [5.41, 5.74) is 0. The van der Waals surface area contributed by atoms with E-state index >= 15 is 0 Å². The fourth-order valence-corrected chi connectivity index (χ4v) is 2.71.